The molecule has 0 rings (SSSR count). The van der Waals surface area contributed by atoms with Crippen molar-refractivity contribution in [2.75, 3.05) is 38.6 Å². The third-order valence-electron chi connectivity index (χ3n) is 2.49. The molecular weight excluding hydrogens is 280 g/mol. The zero-order valence-electron chi connectivity index (χ0n) is 11.2. The third kappa shape index (κ3) is 8.02. The first-order valence-corrected chi connectivity index (χ1v) is 9.58. The molecule has 110 valence electrons. The van der Waals surface area contributed by atoms with Gasteiger partial charge in [-0.05, 0) is 6.42 Å². The van der Waals surface area contributed by atoms with E-state index >= 15 is 0 Å². The Hall–Kier alpha value is -0.180. The second-order valence-electron chi connectivity index (χ2n) is 4.35. The zero-order chi connectivity index (χ0) is 14.4. The maximum atomic E-state index is 11.4. The molecule has 0 aliphatic carbocycles. The summed E-state index contributed by atoms with van der Waals surface area (Å²) in [6, 6.07) is 0. The summed E-state index contributed by atoms with van der Waals surface area (Å²) in [6.07, 6.45) is 2.66. The number of sulfone groups is 2. The fraction of sp³-hybridized carbons (Fsp3) is 1.00. The highest BCUT2D eigenvalue weighted by Gasteiger charge is 2.25. The minimum absolute atomic E-state index is 0.108. The van der Waals surface area contributed by atoms with Crippen LogP contribution in [0.3, 0.4) is 0 Å². The molecule has 0 aromatic carbocycles. The summed E-state index contributed by atoms with van der Waals surface area (Å²) in [7, 11) is -5.27. The van der Waals surface area contributed by atoms with Crippen LogP contribution in [0.25, 0.3) is 0 Å². The Kier molecular flexibility index (Phi) is 7.34. The first-order valence-electron chi connectivity index (χ1n) is 5.57. The number of hydrogen-bond acceptors (Lipinski definition) is 6. The van der Waals surface area contributed by atoms with E-state index in [1.165, 1.54) is 0 Å². The minimum Gasteiger partial charge on any atom is -0.379 e. The van der Waals surface area contributed by atoms with Crippen LogP contribution in [0.2, 0.25) is 0 Å². The monoisotopic (exact) mass is 302 g/mol. The Morgan fingerprint density at radius 3 is 1.94 bits per heavy atom. The van der Waals surface area contributed by atoms with Crippen LogP contribution in [-0.2, 0) is 29.1 Å². The lowest BCUT2D eigenvalue weighted by Crippen LogP contribution is -2.34. The van der Waals surface area contributed by atoms with Gasteiger partial charge < -0.3 is 9.47 Å². The fourth-order valence-electron chi connectivity index (χ4n) is 1.32. The lowest BCUT2D eigenvalue weighted by molar-refractivity contribution is 0.00790. The highest BCUT2D eigenvalue weighted by atomic mass is 32.2. The van der Waals surface area contributed by atoms with E-state index in [1.807, 2.05) is 6.92 Å². The number of rotatable bonds is 9. The van der Waals surface area contributed by atoms with E-state index in [-0.39, 0.29) is 19.3 Å². The van der Waals surface area contributed by atoms with Crippen molar-refractivity contribution in [2.45, 2.75) is 24.7 Å². The molecule has 18 heavy (non-hydrogen) atoms. The smallest absolute Gasteiger partial charge is 0.153 e. The van der Waals surface area contributed by atoms with E-state index in [4.69, 9.17) is 9.47 Å². The summed E-state index contributed by atoms with van der Waals surface area (Å²) in [6.45, 7) is 2.04. The van der Waals surface area contributed by atoms with Crippen LogP contribution in [0.4, 0.5) is 0 Å². The number of ether oxygens (including phenoxy) is 2. The Morgan fingerprint density at radius 2 is 1.61 bits per heavy atom. The maximum absolute atomic E-state index is 11.4. The van der Waals surface area contributed by atoms with Crippen LogP contribution in [0.15, 0.2) is 0 Å². The summed E-state index contributed by atoms with van der Waals surface area (Å²) in [5.74, 6) is -0.421. The van der Waals surface area contributed by atoms with Crippen LogP contribution in [0.1, 0.15) is 13.3 Å². The Bertz CT molecular complexity index is 421. The molecular formula is C10H22O6S2. The predicted octanol–water partition coefficient (Wildman–Crippen LogP) is -0.114. The van der Waals surface area contributed by atoms with Gasteiger partial charge in [0, 0.05) is 19.6 Å². The van der Waals surface area contributed by atoms with E-state index in [0.29, 0.717) is 0 Å². The first kappa shape index (κ1) is 17.8. The SMILES string of the molecule is CCC(COCC(CS(C)(=O)=O)S(C)(=O)=O)OC. The van der Waals surface area contributed by atoms with Gasteiger partial charge in [0.2, 0.25) is 0 Å². The molecule has 0 bridgehead atoms. The minimum atomic E-state index is -3.45. The molecule has 0 N–H and O–H groups in total. The van der Waals surface area contributed by atoms with E-state index in [0.717, 1.165) is 18.9 Å². The van der Waals surface area contributed by atoms with Gasteiger partial charge in [-0.2, -0.15) is 0 Å². The fourth-order valence-corrected chi connectivity index (χ4v) is 4.16. The van der Waals surface area contributed by atoms with Gasteiger partial charge in [-0.3, -0.25) is 0 Å². The van der Waals surface area contributed by atoms with Gasteiger partial charge in [-0.15, -0.1) is 0 Å². The Labute approximate surface area is 110 Å². The van der Waals surface area contributed by atoms with Crippen molar-refractivity contribution in [1.82, 2.24) is 0 Å². The molecule has 0 aliphatic rings. The highest BCUT2D eigenvalue weighted by molar-refractivity contribution is 7.94. The lowest BCUT2D eigenvalue weighted by Gasteiger charge is -2.17. The van der Waals surface area contributed by atoms with Crippen LogP contribution in [0, 0.1) is 0 Å². The normalized spacial score (nSPS) is 16.4. The van der Waals surface area contributed by atoms with Crippen molar-refractivity contribution in [3.63, 3.8) is 0 Å². The van der Waals surface area contributed by atoms with Crippen molar-refractivity contribution in [2.24, 2.45) is 0 Å². The van der Waals surface area contributed by atoms with Crippen molar-refractivity contribution in [1.29, 1.82) is 0 Å². The van der Waals surface area contributed by atoms with Crippen LogP contribution < -0.4 is 0 Å². The molecule has 6 nitrogen and oxygen atoms in total. The summed E-state index contributed by atoms with van der Waals surface area (Å²) in [5, 5.41) is -1.03. The average molecular weight is 302 g/mol. The molecule has 0 saturated carbocycles. The zero-order valence-corrected chi connectivity index (χ0v) is 12.9. The average Bonchev–Trinajstić information content (AvgIpc) is 2.19. The second kappa shape index (κ2) is 7.42. The summed E-state index contributed by atoms with van der Waals surface area (Å²) >= 11 is 0. The third-order valence-corrected chi connectivity index (χ3v) is 5.22. The Balaban J connectivity index is 4.46. The van der Waals surface area contributed by atoms with Gasteiger partial charge in [0.1, 0.15) is 9.84 Å². The van der Waals surface area contributed by atoms with E-state index < -0.39 is 30.7 Å². The van der Waals surface area contributed by atoms with E-state index in [2.05, 4.69) is 0 Å². The second-order valence-corrected chi connectivity index (χ2v) is 8.86. The lowest BCUT2D eigenvalue weighted by atomic mass is 10.3. The largest absolute Gasteiger partial charge is 0.379 e. The molecule has 0 aliphatic heterocycles. The molecule has 2 atom stereocenters. The van der Waals surface area contributed by atoms with Crippen molar-refractivity contribution >= 4 is 19.7 Å². The number of methoxy groups -OCH3 is 1. The molecule has 0 spiro atoms. The van der Waals surface area contributed by atoms with Gasteiger partial charge in [0.15, 0.2) is 9.84 Å². The Morgan fingerprint density at radius 1 is 1.06 bits per heavy atom. The van der Waals surface area contributed by atoms with Gasteiger partial charge in [0.25, 0.3) is 0 Å². The van der Waals surface area contributed by atoms with Gasteiger partial charge in [-0.1, -0.05) is 6.92 Å². The van der Waals surface area contributed by atoms with Gasteiger partial charge >= 0.3 is 0 Å². The number of hydrogen-bond donors (Lipinski definition) is 0. The molecule has 0 aromatic rings. The molecule has 0 radical (unpaired) electrons. The topological polar surface area (TPSA) is 86.7 Å². The molecule has 0 aromatic heterocycles. The van der Waals surface area contributed by atoms with E-state index in [9.17, 15) is 16.8 Å². The highest BCUT2D eigenvalue weighted by Crippen LogP contribution is 2.05. The summed E-state index contributed by atoms with van der Waals surface area (Å²) < 4.78 is 55.5. The molecule has 0 fully saturated rings. The van der Waals surface area contributed by atoms with E-state index in [1.54, 1.807) is 7.11 Å². The van der Waals surface area contributed by atoms with Gasteiger partial charge in [0.05, 0.1) is 30.3 Å². The standard InChI is InChI=1S/C10H22O6S2/c1-5-9(15-2)6-16-7-10(18(4,13)14)8-17(3,11)12/h9-10H,5-8H2,1-4H3. The van der Waals surface area contributed by atoms with Crippen LogP contribution >= 0.6 is 0 Å². The first-order chi connectivity index (χ1) is 8.10. The quantitative estimate of drug-likeness (QED) is 0.590. The maximum Gasteiger partial charge on any atom is 0.153 e. The van der Waals surface area contributed by atoms with Gasteiger partial charge in [-0.25, -0.2) is 16.8 Å². The summed E-state index contributed by atoms with van der Waals surface area (Å²) in [5.41, 5.74) is 0. The predicted molar refractivity (Wildman–Crippen MR) is 70.2 cm³/mol. The summed E-state index contributed by atoms with van der Waals surface area (Å²) in [4.78, 5) is 0. The molecule has 2 unspecified atom stereocenters. The molecule has 0 heterocycles. The van der Waals surface area contributed by atoms with Crippen molar-refractivity contribution in [3.8, 4) is 0 Å². The molecule has 0 saturated heterocycles. The van der Waals surface area contributed by atoms with Crippen LogP contribution in [-0.4, -0.2) is 66.8 Å². The van der Waals surface area contributed by atoms with Crippen molar-refractivity contribution in [3.05, 3.63) is 0 Å². The van der Waals surface area contributed by atoms with Crippen molar-refractivity contribution < 1.29 is 26.3 Å². The van der Waals surface area contributed by atoms with Crippen LogP contribution in [0.5, 0.6) is 0 Å². The molecule has 0 amide bonds. The molecule has 8 heteroatoms.